The van der Waals surface area contributed by atoms with E-state index in [0.29, 0.717) is 6.61 Å². The minimum absolute atomic E-state index is 0. The average molecular weight is 490 g/mol. The first kappa shape index (κ1) is 24.0. The first-order chi connectivity index (χ1) is 12.5. The number of rotatable bonds is 8. The molecule has 0 aromatic heterocycles. The molecule has 6 nitrogen and oxygen atoms in total. The van der Waals surface area contributed by atoms with E-state index in [1.807, 2.05) is 18.2 Å². The molecule has 0 saturated carbocycles. The van der Waals surface area contributed by atoms with Crippen LogP contribution in [-0.4, -0.2) is 69.4 Å². The Morgan fingerprint density at radius 3 is 2.59 bits per heavy atom. The molecule has 2 rings (SSSR count). The molecule has 0 atom stereocenters. The van der Waals surface area contributed by atoms with Gasteiger partial charge < -0.3 is 20.1 Å². The number of hydrogen-bond acceptors (Lipinski definition) is 4. The van der Waals surface area contributed by atoms with Crippen molar-refractivity contribution >= 4 is 29.9 Å². The standard InChI is InChI=1S/C20H34N4O2.HI/c1-17-8-5-6-9-18(17)26-13-7-10-22-19(21-4)23-16-20(2,3)24-11-14-25-15-12-24;/h5-6,8-9H,7,10-16H2,1-4H3,(H2,21,22,23);1H. The quantitative estimate of drug-likeness (QED) is 0.254. The number of benzene rings is 1. The van der Waals surface area contributed by atoms with Crippen molar-refractivity contribution in [2.75, 3.05) is 53.0 Å². The summed E-state index contributed by atoms with van der Waals surface area (Å²) in [6.07, 6.45) is 0.919. The summed E-state index contributed by atoms with van der Waals surface area (Å²) in [5.41, 5.74) is 1.23. The van der Waals surface area contributed by atoms with Crippen molar-refractivity contribution in [2.45, 2.75) is 32.7 Å². The van der Waals surface area contributed by atoms with Gasteiger partial charge in [-0.3, -0.25) is 9.89 Å². The van der Waals surface area contributed by atoms with E-state index in [2.05, 4.69) is 47.4 Å². The zero-order valence-electron chi connectivity index (χ0n) is 17.1. The van der Waals surface area contributed by atoms with Gasteiger partial charge in [-0.15, -0.1) is 24.0 Å². The van der Waals surface area contributed by atoms with E-state index in [4.69, 9.17) is 9.47 Å². The van der Waals surface area contributed by atoms with Crippen LogP contribution in [0.5, 0.6) is 5.75 Å². The number of nitrogens with one attached hydrogen (secondary N) is 2. The molecular weight excluding hydrogens is 455 g/mol. The van der Waals surface area contributed by atoms with Gasteiger partial charge in [-0.05, 0) is 38.8 Å². The Bertz CT molecular complexity index is 575. The molecule has 154 valence electrons. The number of halogens is 1. The molecule has 2 N–H and O–H groups in total. The molecule has 0 spiro atoms. The summed E-state index contributed by atoms with van der Waals surface area (Å²) >= 11 is 0. The second kappa shape index (κ2) is 12.4. The fourth-order valence-electron chi connectivity index (χ4n) is 2.98. The SMILES string of the molecule is CN=C(NCCCOc1ccccc1C)NCC(C)(C)N1CCOCC1.I. The molecule has 27 heavy (non-hydrogen) atoms. The number of morpholine rings is 1. The van der Waals surface area contributed by atoms with Crippen LogP contribution in [0.15, 0.2) is 29.3 Å². The van der Waals surface area contributed by atoms with Gasteiger partial charge in [0.25, 0.3) is 0 Å². The lowest BCUT2D eigenvalue weighted by Crippen LogP contribution is -2.56. The maximum absolute atomic E-state index is 5.83. The zero-order valence-corrected chi connectivity index (χ0v) is 19.4. The van der Waals surface area contributed by atoms with Crippen LogP contribution in [0, 0.1) is 6.92 Å². The Morgan fingerprint density at radius 2 is 1.93 bits per heavy atom. The topological polar surface area (TPSA) is 58.1 Å². The average Bonchev–Trinajstić information content (AvgIpc) is 2.66. The van der Waals surface area contributed by atoms with E-state index < -0.39 is 0 Å². The van der Waals surface area contributed by atoms with Gasteiger partial charge >= 0.3 is 0 Å². The molecule has 7 heteroatoms. The number of guanidine groups is 1. The molecule has 0 radical (unpaired) electrons. The lowest BCUT2D eigenvalue weighted by Gasteiger charge is -2.41. The van der Waals surface area contributed by atoms with E-state index in [9.17, 15) is 0 Å². The Hall–Kier alpha value is -1.06. The summed E-state index contributed by atoms with van der Waals surface area (Å²) in [4.78, 5) is 6.78. The molecule has 0 bridgehead atoms. The third-order valence-electron chi connectivity index (χ3n) is 4.74. The number of para-hydroxylation sites is 1. The van der Waals surface area contributed by atoms with E-state index in [1.165, 1.54) is 5.56 Å². The van der Waals surface area contributed by atoms with Gasteiger partial charge in [-0.1, -0.05) is 18.2 Å². The van der Waals surface area contributed by atoms with Crippen molar-refractivity contribution < 1.29 is 9.47 Å². The van der Waals surface area contributed by atoms with Gasteiger partial charge in [-0.2, -0.15) is 0 Å². The second-order valence-electron chi connectivity index (χ2n) is 7.23. The summed E-state index contributed by atoms with van der Waals surface area (Å²) < 4.78 is 11.3. The molecule has 1 fully saturated rings. The first-order valence-electron chi connectivity index (χ1n) is 9.49. The van der Waals surface area contributed by atoms with E-state index in [1.54, 1.807) is 7.05 Å². The van der Waals surface area contributed by atoms with Gasteiger partial charge in [0.05, 0.1) is 19.8 Å². The number of ether oxygens (including phenoxy) is 2. The molecule has 0 amide bonds. The summed E-state index contributed by atoms with van der Waals surface area (Å²) in [6, 6.07) is 8.10. The fourth-order valence-corrected chi connectivity index (χ4v) is 2.98. The highest BCUT2D eigenvalue weighted by molar-refractivity contribution is 14.0. The highest BCUT2D eigenvalue weighted by Gasteiger charge is 2.28. The summed E-state index contributed by atoms with van der Waals surface area (Å²) in [6.45, 7) is 12.5. The Kier molecular flexibility index (Phi) is 11.0. The molecule has 1 aliphatic heterocycles. The van der Waals surface area contributed by atoms with Crippen molar-refractivity contribution in [2.24, 2.45) is 4.99 Å². The minimum Gasteiger partial charge on any atom is -0.493 e. The third kappa shape index (κ3) is 8.23. The summed E-state index contributed by atoms with van der Waals surface area (Å²) in [5, 5.41) is 6.80. The van der Waals surface area contributed by atoms with Crippen molar-refractivity contribution in [3.05, 3.63) is 29.8 Å². The maximum atomic E-state index is 5.83. The highest BCUT2D eigenvalue weighted by Crippen LogP contribution is 2.16. The number of aliphatic imine (C=N–C) groups is 1. The summed E-state index contributed by atoms with van der Waals surface area (Å²) in [7, 11) is 1.81. The fraction of sp³-hybridized carbons (Fsp3) is 0.650. The molecule has 1 heterocycles. The molecule has 1 aromatic rings. The molecule has 0 unspecified atom stereocenters. The Morgan fingerprint density at radius 1 is 1.22 bits per heavy atom. The van der Waals surface area contributed by atoms with Gasteiger partial charge in [0.1, 0.15) is 5.75 Å². The van der Waals surface area contributed by atoms with Gasteiger partial charge in [0.15, 0.2) is 5.96 Å². The van der Waals surface area contributed by atoms with Crippen LogP contribution in [0.1, 0.15) is 25.8 Å². The number of nitrogens with zero attached hydrogens (tertiary/aromatic N) is 2. The van der Waals surface area contributed by atoms with Crippen LogP contribution in [-0.2, 0) is 4.74 Å². The maximum Gasteiger partial charge on any atom is 0.191 e. The Labute approximate surface area is 181 Å². The predicted octanol–water partition coefficient (Wildman–Crippen LogP) is 2.66. The zero-order chi connectivity index (χ0) is 18.8. The van der Waals surface area contributed by atoms with Crippen molar-refractivity contribution in [1.29, 1.82) is 0 Å². The molecular formula is C20H35IN4O2. The normalized spacial score (nSPS) is 15.8. The van der Waals surface area contributed by atoms with E-state index in [0.717, 1.165) is 57.5 Å². The lowest BCUT2D eigenvalue weighted by molar-refractivity contribution is -0.00833. The molecule has 0 aliphatic carbocycles. The lowest BCUT2D eigenvalue weighted by atomic mass is 10.0. The smallest absolute Gasteiger partial charge is 0.191 e. The van der Waals surface area contributed by atoms with Crippen LogP contribution < -0.4 is 15.4 Å². The largest absolute Gasteiger partial charge is 0.493 e. The van der Waals surface area contributed by atoms with Gasteiger partial charge in [0.2, 0.25) is 0 Å². The molecule has 1 aliphatic rings. The highest BCUT2D eigenvalue weighted by atomic mass is 127. The second-order valence-corrected chi connectivity index (χ2v) is 7.23. The minimum atomic E-state index is 0. The van der Waals surface area contributed by atoms with Crippen LogP contribution >= 0.6 is 24.0 Å². The first-order valence-corrected chi connectivity index (χ1v) is 9.49. The van der Waals surface area contributed by atoms with Crippen molar-refractivity contribution in [3.8, 4) is 5.75 Å². The summed E-state index contributed by atoms with van der Waals surface area (Å²) in [5.74, 6) is 1.80. The van der Waals surface area contributed by atoms with Crippen LogP contribution in [0.25, 0.3) is 0 Å². The van der Waals surface area contributed by atoms with Crippen LogP contribution in [0.4, 0.5) is 0 Å². The van der Waals surface area contributed by atoms with Crippen LogP contribution in [0.2, 0.25) is 0 Å². The van der Waals surface area contributed by atoms with Gasteiger partial charge in [0, 0.05) is 38.8 Å². The monoisotopic (exact) mass is 490 g/mol. The van der Waals surface area contributed by atoms with E-state index >= 15 is 0 Å². The number of hydrogen-bond donors (Lipinski definition) is 2. The third-order valence-corrected chi connectivity index (χ3v) is 4.74. The van der Waals surface area contributed by atoms with E-state index in [-0.39, 0.29) is 29.5 Å². The predicted molar refractivity (Wildman–Crippen MR) is 123 cm³/mol. The van der Waals surface area contributed by atoms with Crippen molar-refractivity contribution in [3.63, 3.8) is 0 Å². The molecule has 1 aromatic carbocycles. The molecule has 1 saturated heterocycles. The Balaban J connectivity index is 0.00000364. The van der Waals surface area contributed by atoms with Crippen molar-refractivity contribution in [1.82, 2.24) is 15.5 Å². The van der Waals surface area contributed by atoms with Crippen LogP contribution in [0.3, 0.4) is 0 Å². The van der Waals surface area contributed by atoms with Gasteiger partial charge in [-0.25, -0.2) is 0 Å². The number of aryl methyl sites for hydroxylation is 1.